The Kier molecular flexibility index (Phi) is 3.59. The Labute approximate surface area is 127 Å². The summed E-state index contributed by atoms with van der Waals surface area (Å²) in [7, 11) is 0. The van der Waals surface area contributed by atoms with Crippen LogP contribution in [0, 0.1) is 6.92 Å². The first-order chi connectivity index (χ1) is 10.1. The van der Waals surface area contributed by atoms with Gasteiger partial charge in [0.2, 0.25) is 5.90 Å². The van der Waals surface area contributed by atoms with Gasteiger partial charge in [0.25, 0.3) is 0 Å². The van der Waals surface area contributed by atoms with Crippen molar-refractivity contribution in [3.05, 3.63) is 75.9 Å². The summed E-state index contributed by atoms with van der Waals surface area (Å²) in [5.74, 6) is -0.142. The van der Waals surface area contributed by atoms with Crippen LogP contribution in [0.5, 0.6) is 0 Å². The van der Waals surface area contributed by atoms with E-state index in [4.69, 9.17) is 16.3 Å². The molecule has 0 amide bonds. The van der Waals surface area contributed by atoms with Crippen LogP contribution in [0.25, 0.3) is 6.08 Å². The van der Waals surface area contributed by atoms with Crippen LogP contribution < -0.4 is 0 Å². The number of halogens is 1. The highest BCUT2D eigenvalue weighted by Crippen LogP contribution is 2.20. The molecule has 104 valence electrons. The molecule has 3 nitrogen and oxygen atoms in total. The number of cyclic esters (lactones) is 1. The molecule has 2 aromatic rings. The molecule has 0 saturated heterocycles. The number of carbonyl (C=O) groups excluding carboxylic acids is 1. The lowest BCUT2D eigenvalue weighted by Crippen LogP contribution is -2.05. The van der Waals surface area contributed by atoms with E-state index in [1.807, 2.05) is 31.2 Å². The van der Waals surface area contributed by atoms with Crippen LogP contribution in [-0.4, -0.2) is 11.9 Å². The van der Waals surface area contributed by atoms with Crippen molar-refractivity contribution in [2.45, 2.75) is 6.92 Å². The number of hydrogen-bond acceptors (Lipinski definition) is 3. The van der Waals surface area contributed by atoms with Crippen LogP contribution >= 0.6 is 11.6 Å². The van der Waals surface area contributed by atoms with Crippen molar-refractivity contribution in [1.29, 1.82) is 0 Å². The van der Waals surface area contributed by atoms with Gasteiger partial charge in [-0.2, -0.15) is 0 Å². The van der Waals surface area contributed by atoms with Crippen molar-refractivity contribution >= 4 is 29.5 Å². The van der Waals surface area contributed by atoms with Crippen molar-refractivity contribution in [2.24, 2.45) is 4.99 Å². The molecule has 4 heteroatoms. The van der Waals surface area contributed by atoms with Crippen LogP contribution in [-0.2, 0) is 9.53 Å². The van der Waals surface area contributed by atoms with E-state index in [0.29, 0.717) is 16.6 Å². The number of aryl methyl sites for hydroxylation is 1. The largest absolute Gasteiger partial charge is 0.402 e. The first kappa shape index (κ1) is 13.6. The number of aliphatic imine (C=N–C) groups is 1. The summed E-state index contributed by atoms with van der Waals surface area (Å²) in [5, 5.41) is 0.624. The molecular weight excluding hydrogens is 286 g/mol. The van der Waals surface area contributed by atoms with Gasteiger partial charge < -0.3 is 4.74 Å². The fourth-order valence-electron chi connectivity index (χ4n) is 2.04. The molecule has 1 aliphatic heterocycles. The van der Waals surface area contributed by atoms with E-state index >= 15 is 0 Å². The number of benzene rings is 2. The van der Waals surface area contributed by atoms with Gasteiger partial charge in [0.15, 0.2) is 5.70 Å². The topological polar surface area (TPSA) is 38.7 Å². The molecule has 0 atom stereocenters. The summed E-state index contributed by atoms with van der Waals surface area (Å²) in [5.41, 5.74) is 3.06. The molecular formula is C17H12ClNO2. The molecule has 0 spiro atoms. The standard InChI is InChI=1S/C17H12ClNO2/c1-11-3-2-4-12(9-11)10-15-17(20)21-16(19-15)13-5-7-14(18)8-6-13/h2-10H,1H3/b15-10+. The third-order valence-electron chi connectivity index (χ3n) is 3.06. The van der Waals surface area contributed by atoms with Gasteiger partial charge >= 0.3 is 5.97 Å². The lowest BCUT2D eigenvalue weighted by atomic mass is 10.1. The zero-order valence-corrected chi connectivity index (χ0v) is 12.1. The summed E-state index contributed by atoms with van der Waals surface area (Å²) in [6.07, 6.45) is 1.72. The predicted octanol–water partition coefficient (Wildman–Crippen LogP) is 3.99. The molecule has 0 aliphatic carbocycles. The second-order valence-electron chi connectivity index (χ2n) is 4.76. The summed E-state index contributed by atoms with van der Waals surface area (Å²) < 4.78 is 5.20. The van der Waals surface area contributed by atoms with E-state index in [0.717, 1.165) is 16.7 Å². The molecule has 0 bridgehead atoms. The average Bonchev–Trinajstić information content (AvgIpc) is 2.81. The van der Waals surface area contributed by atoms with E-state index in [1.165, 1.54) is 0 Å². The van der Waals surface area contributed by atoms with Crippen molar-refractivity contribution < 1.29 is 9.53 Å². The molecule has 3 rings (SSSR count). The first-order valence-corrected chi connectivity index (χ1v) is 6.85. The zero-order valence-electron chi connectivity index (χ0n) is 11.3. The Balaban J connectivity index is 1.93. The minimum Gasteiger partial charge on any atom is -0.402 e. The predicted molar refractivity (Wildman–Crippen MR) is 83.2 cm³/mol. The normalized spacial score (nSPS) is 16.0. The van der Waals surface area contributed by atoms with Crippen LogP contribution in [0.2, 0.25) is 5.02 Å². The minimum absolute atomic E-state index is 0.297. The molecule has 2 aromatic carbocycles. The van der Waals surface area contributed by atoms with Crippen LogP contribution in [0.4, 0.5) is 0 Å². The monoisotopic (exact) mass is 297 g/mol. The van der Waals surface area contributed by atoms with Gasteiger partial charge in [-0.05, 0) is 42.8 Å². The second-order valence-corrected chi connectivity index (χ2v) is 5.19. The summed E-state index contributed by atoms with van der Waals surface area (Å²) in [6, 6.07) is 14.8. The van der Waals surface area contributed by atoms with Gasteiger partial charge in [-0.15, -0.1) is 0 Å². The highest BCUT2D eigenvalue weighted by Gasteiger charge is 2.23. The van der Waals surface area contributed by atoms with Crippen LogP contribution in [0.3, 0.4) is 0 Å². The summed E-state index contributed by atoms with van der Waals surface area (Å²) >= 11 is 5.84. The lowest BCUT2D eigenvalue weighted by molar-refractivity contribution is -0.129. The molecule has 0 unspecified atom stereocenters. The number of esters is 1. The molecule has 1 heterocycles. The molecule has 0 fully saturated rings. The van der Waals surface area contributed by atoms with E-state index in [1.54, 1.807) is 30.3 Å². The highest BCUT2D eigenvalue weighted by atomic mass is 35.5. The Morgan fingerprint density at radius 3 is 2.62 bits per heavy atom. The molecule has 0 aromatic heterocycles. The van der Waals surface area contributed by atoms with Gasteiger partial charge in [-0.25, -0.2) is 9.79 Å². The van der Waals surface area contributed by atoms with Crippen molar-refractivity contribution in [1.82, 2.24) is 0 Å². The smallest absolute Gasteiger partial charge is 0.363 e. The average molecular weight is 298 g/mol. The molecule has 0 radical (unpaired) electrons. The Bertz CT molecular complexity index is 761. The van der Waals surface area contributed by atoms with E-state index in [2.05, 4.69) is 4.99 Å². The maximum atomic E-state index is 11.9. The number of ether oxygens (including phenoxy) is 1. The van der Waals surface area contributed by atoms with E-state index in [9.17, 15) is 4.79 Å². The fourth-order valence-corrected chi connectivity index (χ4v) is 2.17. The number of hydrogen-bond donors (Lipinski definition) is 0. The fraction of sp³-hybridized carbons (Fsp3) is 0.0588. The van der Waals surface area contributed by atoms with Gasteiger partial charge in [0, 0.05) is 10.6 Å². The Morgan fingerprint density at radius 1 is 1.14 bits per heavy atom. The minimum atomic E-state index is -0.443. The van der Waals surface area contributed by atoms with Crippen LogP contribution in [0.15, 0.2) is 59.2 Å². The number of carbonyl (C=O) groups is 1. The summed E-state index contributed by atoms with van der Waals surface area (Å²) in [4.78, 5) is 16.1. The SMILES string of the molecule is Cc1cccc(/C=C2/N=C(c3ccc(Cl)cc3)OC2=O)c1. The highest BCUT2D eigenvalue weighted by molar-refractivity contribution is 6.30. The Morgan fingerprint density at radius 2 is 1.90 bits per heavy atom. The van der Waals surface area contributed by atoms with E-state index < -0.39 is 5.97 Å². The van der Waals surface area contributed by atoms with Crippen molar-refractivity contribution in [3.8, 4) is 0 Å². The van der Waals surface area contributed by atoms with Crippen molar-refractivity contribution in [2.75, 3.05) is 0 Å². The molecule has 0 saturated carbocycles. The second kappa shape index (κ2) is 5.54. The zero-order chi connectivity index (χ0) is 14.8. The maximum absolute atomic E-state index is 11.9. The van der Waals surface area contributed by atoms with Gasteiger partial charge in [0.1, 0.15) is 0 Å². The third-order valence-corrected chi connectivity index (χ3v) is 3.31. The number of nitrogens with zero attached hydrogens (tertiary/aromatic N) is 1. The summed E-state index contributed by atoms with van der Waals surface area (Å²) in [6.45, 7) is 2.00. The van der Waals surface area contributed by atoms with Crippen LogP contribution in [0.1, 0.15) is 16.7 Å². The molecule has 1 aliphatic rings. The maximum Gasteiger partial charge on any atom is 0.363 e. The first-order valence-electron chi connectivity index (χ1n) is 6.47. The molecule has 21 heavy (non-hydrogen) atoms. The third kappa shape index (κ3) is 3.03. The lowest BCUT2D eigenvalue weighted by Gasteiger charge is -1.98. The molecule has 0 N–H and O–H groups in total. The van der Waals surface area contributed by atoms with Crippen molar-refractivity contribution in [3.63, 3.8) is 0 Å². The van der Waals surface area contributed by atoms with E-state index in [-0.39, 0.29) is 0 Å². The van der Waals surface area contributed by atoms with Gasteiger partial charge in [0.05, 0.1) is 0 Å². The van der Waals surface area contributed by atoms with Gasteiger partial charge in [-0.3, -0.25) is 0 Å². The Hall–Kier alpha value is -2.39. The van der Waals surface area contributed by atoms with Gasteiger partial charge in [-0.1, -0.05) is 41.4 Å². The number of rotatable bonds is 2. The quantitative estimate of drug-likeness (QED) is 0.621.